The zero-order valence-electron chi connectivity index (χ0n) is 6.78. The first kappa shape index (κ1) is 10.9. The highest BCUT2D eigenvalue weighted by molar-refractivity contribution is 5.24. The molecule has 0 amide bonds. The molecule has 1 nitrogen and oxygen atoms in total. The Balaban J connectivity index is 3.20. The predicted octanol–water partition coefficient (Wildman–Crippen LogP) is 2.37. The highest BCUT2D eigenvalue weighted by Gasteiger charge is 2.25. The fraction of sp³-hybridized carbons (Fsp3) is 0.250. The first-order valence-corrected chi connectivity index (χ1v) is 3.61. The Morgan fingerprint density at radius 2 is 1.43 bits per heavy atom. The van der Waals surface area contributed by atoms with Crippen LogP contribution in [0.25, 0.3) is 0 Å². The lowest BCUT2D eigenvalue weighted by atomic mass is 10.1. The Kier molecular flexibility index (Phi) is 3.05. The van der Waals surface area contributed by atoms with E-state index < -0.39 is 35.5 Å². The number of hydrogen-bond acceptors (Lipinski definition) is 1. The van der Waals surface area contributed by atoms with Gasteiger partial charge in [0.2, 0.25) is 0 Å². The van der Waals surface area contributed by atoms with Crippen LogP contribution in [0.15, 0.2) is 12.1 Å². The van der Waals surface area contributed by atoms with Crippen LogP contribution in [0.4, 0.5) is 22.0 Å². The Labute approximate surface area is 76.3 Å². The third-order valence-corrected chi connectivity index (χ3v) is 1.65. The molecule has 0 aliphatic carbocycles. The first-order valence-electron chi connectivity index (χ1n) is 3.61. The van der Waals surface area contributed by atoms with E-state index in [1.807, 2.05) is 0 Å². The third kappa shape index (κ3) is 2.01. The summed E-state index contributed by atoms with van der Waals surface area (Å²) in [6, 6.07) is -1.48. The number of alkyl halides is 2. The summed E-state index contributed by atoms with van der Waals surface area (Å²) in [4.78, 5) is 0. The minimum atomic E-state index is -3.11. The van der Waals surface area contributed by atoms with Crippen molar-refractivity contribution in [2.45, 2.75) is 12.5 Å². The van der Waals surface area contributed by atoms with Gasteiger partial charge in [0.1, 0.15) is 17.5 Å². The number of halogens is 5. The van der Waals surface area contributed by atoms with E-state index in [1.54, 1.807) is 0 Å². The highest BCUT2D eigenvalue weighted by atomic mass is 19.3. The summed E-state index contributed by atoms with van der Waals surface area (Å²) in [7, 11) is 0. The minimum Gasteiger partial charge on any atom is -0.319 e. The van der Waals surface area contributed by atoms with Crippen LogP contribution in [0.5, 0.6) is 0 Å². The summed E-state index contributed by atoms with van der Waals surface area (Å²) in [6.07, 6.45) is -3.11. The van der Waals surface area contributed by atoms with E-state index in [9.17, 15) is 22.0 Å². The SMILES string of the molecule is N[C@H](c1c(F)cc(F)cc1F)C(F)F. The number of hydrogen-bond donors (Lipinski definition) is 1. The number of nitrogens with two attached hydrogens (primary N) is 1. The molecule has 1 atom stereocenters. The molecule has 0 spiro atoms. The van der Waals surface area contributed by atoms with E-state index in [1.165, 1.54) is 0 Å². The molecule has 0 radical (unpaired) electrons. The van der Waals surface area contributed by atoms with Crippen molar-refractivity contribution in [3.8, 4) is 0 Å². The topological polar surface area (TPSA) is 26.0 Å². The second-order valence-corrected chi connectivity index (χ2v) is 2.64. The Morgan fingerprint density at radius 1 is 1.00 bits per heavy atom. The normalized spacial score (nSPS) is 13.4. The fourth-order valence-electron chi connectivity index (χ4n) is 0.998. The molecule has 1 aromatic rings. The smallest absolute Gasteiger partial charge is 0.257 e. The van der Waals surface area contributed by atoms with Gasteiger partial charge in [-0.05, 0) is 0 Å². The van der Waals surface area contributed by atoms with Gasteiger partial charge in [0.05, 0.1) is 6.04 Å². The lowest BCUT2D eigenvalue weighted by molar-refractivity contribution is 0.113. The monoisotopic (exact) mass is 211 g/mol. The molecule has 0 aliphatic heterocycles. The molecule has 0 bridgehead atoms. The maximum Gasteiger partial charge on any atom is 0.257 e. The van der Waals surface area contributed by atoms with E-state index in [-0.39, 0.29) is 0 Å². The van der Waals surface area contributed by atoms with Crippen molar-refractivity contribution in [2.75, 3.05) is 0 Å². The van der Waals surface area contributed by atoms with Crippen molar-refractivity contribution < 1.29 is 22.0 Å². The van der Waals surface area contributed by atoms with Gasteiger partial charge in [-0.2, -0.15) is 0 Å². The molecule has 0 fully saturated rings. The van der Waals surface area contributed by atoms with Gasteiger partial charge in [-0.25, -0.2) is 22.0 Å². The average Bonchev–Trinajstić information content (AvgIpc) is 2.01. The van der Waals surface area contributed by atoms with Crippen LogP contribution in [-0.2, 0) is 0 Å². The van der Waals surface area contributed by atoms with E-state index >= 15 is 0 Å². The van der Waals surface area contributed by atoms with Crippen LogP contribution >= 0.6 is 0 Å². The van der Waals surface area contributed by atoms with E-state index in [4.69, 9.17) is 5.73 Å². The molecule has 0 aromatic heterocycles. The molecule has 1 aromatic carbocycles. The summed E-state index contributed by atoms with van der Waals surface area (Å²) in [6.45, 7) is 0. The number of rotatable bonds is 2. The molecule has 1 rings (SSSR count). The van der Waals surface area contributed by atoms with Crippen molar-refractivity contribution in [3.05, 3.63) is 35.1 Å². The molecule has 78 valence electrons. The van der Waals surface area contributed by atoms with Crippen molar-refractivity contribution in [2.24, 2.45) is 5.73 Å². The largest absolute Gasteiger partial charge is 0.319 e. The Morgan fingerprint density at radius 3 is 1.79 bits per heavy atom. The zero-order chi connectivity index (χ0) is 10.9. The van der Waals surface area contributed by atoms with E-state index in [2.05, 4.69) is 0 Å². The van der Waals surface area contributed by atoms with Gasteiger partial charge in [0, 0.05) is 17.7 Å². The molecule has 14 heavy (non-hydrogen) atoms. The van der Waals surface area contributed by atoms with Crippen LogP contribution in [0.2, 0.25) is 0 Å². The van der Waals surface area contributed by atoms with Gasteiger partial charge in [-0.1, -0.05) is 0 Å². The van der Waals surface area contributed by atoms with Gasteiger partial charge < -0.3 is 5.73 Å². The summed E-state index contributed by atoms with van der Waals surface area (Å²) in [5.41, 5.74) is 3.84. The number of benzene rings is 1. The van der Waals surface area contributed by atoms with Gasteiger partial charge in [-0.15, -0.1) is 0 Å². The molecule has 0 heterocycles. The van der Waals surface area contributed by atoms with Crippen LogP contribution in [0, 0.1) is 17.5 Å². The quantitative estimate of drug-likeness (QED) is 0.746. The van der Waals surface area contributed by atoms with Crippen LogP contribution in [-0.4, -0.2) is 6.43 Å². The molecule has 0 saturated heterocycles. The fourth-order valence-corrected chi connectivity index (χ4v) is 0.998. The minimum absolute atomic E-state index is 0.306. The molecule has 0 unspecified atom stereocenters. The summed E-state index contributed by atoms with van der Waals surface area (Å²) < 4.78 is 62.1. The molecule has 0 saturated carbocycles. The van der Waals surface area contributed by atoms with Crippen LogP contribution < -0.4 is 5.73 Å². The summed E-state index contributed by atoms with van der Waals surface area (Å²) >= 11 is 0. The van der Waals surface area contributed by atoms with Gasteiger partial charge in [-0.3, -0.25) is 0 Å². The van der Waals surface area contributed by atoms with Gasteiger partial charge in [0.15, 0.2) is 0 Å². The summed E-state index contributed by atoms with van der Waals surface area (Å²) in [5.74, 6) is -3.99. The van der Waals surface area contributed by atoms with Crippen LogP contribution in [0.3, 0.4) is 0 Å². The summed E-state index contributed by atoms with van der Waals surface area (Å²) in [5, 5.41) is 0. The van der Waals surface area contributed by atoms with Gasteiger partial charge in [0.25, 0.3) is 6.43 Å². The standard InChI is InChI=1S/C8H6F5N/c9-3-1-4(10)6(5(11)2-3)7(14)8(12)13/h1-2,7-8H,14H2/t7-/m1/s1. The van der Waals surface area contributed by atoms with E-state index in [0.717, 1.165) is 0 Å². The molecule has 0 aliphatic rings. The predicted molar refractivity (Wildman–Crippen MR) is 39.2 cm³/mol. The lowest BCUT2D eigenvalue weighted by Crippen LogP contribution is -2.22. The van der Waals surface area contributed by atoms with Gasteiger partial charge >= 0.3 is 0 Å². The highest BCUT2D eigenvalue weighted by Crippen LogP contribution is 2.24. The molecular formula is C8H6F5N. The van der Waals surface area contributed by atoms with Crippen molar-refractivity contribution in [3.63, 3.8) is 0 Å². The van der Waals surface area contributed by atoms with Crippen molar-refractivity contribution in [1.29, 1.82) is 0 Å². The Hall–Kier alpha value is -1.17. The molecule has 6 heteroatoms. The molecule has 2 N–H and O–H groups in total. The zero-order valence-corrected chi connectivity index (χ0v) is 6.78. The lowest BCUT2D eigenvalue weighted by Gasteiger charge is -2.12. The molecular weight excluding hydrogens is 205 g/mol. The van der Waals surface area contributed by atoms with Crippen molar-refractivity contribution >= 4 is 0 Å². The maximum absolute atomic E-state index is 12.8. The average molecular weight is 211 g/mol. The van der Waals surface area contributed by atoms with Crippen LogP contribution in [0.1, 0.15) is 11.6 Å². The van der Waals surface area contributed by atoms with E-state index in [0.29, 0.717) is 12.1 Å². The first-order chi connectivity index (χ1) is 6.43. The second-order valence-electron chi connectivity index (χ2n) is 2.64. The Bertz CT molecular complexity index is 315. The maximum atomic E-state index is 12.8. The third-order valence-electron chi connectivity index (χ3n) is 1.65. The second kappa shape index (κ2) is 3.91. The van der Waals surface area contributed by atoms with Crippen molar-refractivity contribution in [1.82, 2.24) is 0 Å².